The Morgan fingerprint density at radius 2 is 1.52 bits per heavy atom. The van der Waals surface area contributed by atoms with E-state index in [9.17, 15) is 8.42 Å². The van der Waals surface area contributed by atoms with E-state index in [2.05, 4.69) is 42.6 Å². The lowest BCUT2D eigenvalue weighted by Gasteiger charge is -2.13. The van der Waals surface area contributed by atoms with E-state index >= 15 is 0 Å². The molecule has 0 amide bonds. The average molecular weight is 386 g/mol. The first kappa shape index (κ1) is 18.8. The van der Waals surface area contributed by atoms with Crippen molar-refractivity contribution in [1.29, 1.82) is 0 Å². The van der Waals surface area contributed by atoms with Gasteiger partial charge in [-0.3, -0.25) is 9.82 Å². The van der Waals surface area contributed by atoms with Crippen LogP contribution in [0.25, 0.3) is 0 Å². The van der Waals surface area contributed by atoms with E-state index < -0.39 is 10.0 Å². The van der Waals surface area contributed by atoms with Crippen molar-refractivity contribution in [2.75, 3.05) is 10.0 Å². The van der Waals surface area contributed by atoms with Crippen LogP contribution >= 0.6 is 0 Å². The van der Waals surface area contributed by atoms with E-state index in [1.165, 1.54) is 5.56 Å². The molecule has 2 aromatic heterocycles. The summed E-state index contributed by atoms with van der Waals surface area (Å²) >= 11 is 0. The van der Waals surface area contributed by atoms with Crippen LogP contribution in [-0.4, -0.2) is 28.8 Å². The summed E-state index contributed by atoms with van der Waals surface area (Å²) in [4.78, 5) is 0.123. The summed E-state index contributed by atoms with van der Waals surface area (Å²) in [5.74, 6) is 0.668. The Morgan fingerprint density at radius 3 is 2.04 bits per heavy atom. The summed E-state index contributed by atoms with van der Waals surface area (Å²) < 4.78 is 27.5. The van der Waals surface area contributed by atoms with Crippen molar-refractivity contribution >= 4 is 27.3 Å². The number of rotatable bonds is 5. The van der Waals surface area contributed by atoms with Crippen LogP contribution in [0.2, 0.25) is 0 Å². The summed E-state index contributed by atoms with van der Waals surface area (Å²) in [7, 11) is -3.79. The fourth-order valence-corrected chi connectivity index (χ4v) is 4.45. The number of hydrogen-bond donors (Lipinski definition) is 3. The number of aromatic nitrogens is 4. The normalized spacial score (nSPS) is 11.4. The van der Waals surface area contributed by atoms with Crippen LogP contribution in [0.1, 0.15) is 28.1 Å². The quantitative estimate of drug-likeness (QED) is 0.620. The van der Waals surface area contributed by atoms with Crippen molar-refractivity contribution < 1.29 is 8.42 Å². The second kappa shape index (κ2) is 6.99. The van der Waals surface area contributed by atoms with E-state index in [0.717, 1.165) is 16.8 Å². The number of nitrogens with zero attached hydrogens (tertiary/aromatic N) is 3. The molecule has 2 heterocycles. The minimum absolute atomic E-state index is 0.123. The number of anilines is 3. The molecule has 0 fully saturated rings. The Hall–Kier alpha value is -2.94. The summed E-state index contributed by atoms with van der Waals surface area (Å²) in [5.41, 5.74) is 5.23. The highest BCUT2D eigenvalue weighted by atomic mass is 32.2. The molecule has 0 unspecified atom stereocenters. The summed E-state index contributed by atoms with van der Waals surface area (Å²) in [6.07, 6.45) is 0. The van der Waals surface area contributed by atoms with Gasteiger partial charge < -0.3 is 5.32 Å². The second-order valence-corrected chi connectivity index (χ2v) is 8.19. The van der Waals surface area contributed by atoms with Crippen LogP contribution in [0.15, 0.2) is 29.2 Å². The molecule has 0 spiro atoms. The first-order chi connectivity index (χ1) is 12.7. The maximum absolute atomic E-state index is 12.5. The summed E-state index contributed by atoms with van der Waals surface area (Å²) in [6, 6.07) is 7.41. The topological polar surface area (TPSA) is 113 Å². The molecular weight excluding hydrogens is 364 g/mol. The number of hydrogen-bond acceptors (Lipinski definition) is 6. The van der Waals surface area contributed by atoms with Gasteiger partial charge in [-0.15, -0.1) is 10.2 Å². The van der Waals surface area contributed by atoms with Gasteiger partial charge in [-0.2, -0.15) is 5.10 Å². The number of sulfonamides is 1. The van der Waals surface area contributed by atoms with Crippen molar-refractivity contribution in [3.8, 4) is 0 Å². The second-order valence-electron chi connectivity index (χ2n) is 6.57. The number of aromatic amines is 1. The zero-order valence-corrected chi connectivity index (χ0v) is 16.7. The Kier molecular flexibility index (Phi) is 4.88. The molecule has 27 heavy (non-hydrogen) atoms. The first-order valence-corrected chi connectivity index (χ1v) is 9.88. The van der Waals surface area contributed by atoms with Crippen molar-refractivity contribution in [1.82, 2.24) is 20.4 Å². The molecule has 142 valence electrons. The van der Waals surface area contributed by atoms with Crippen molar-refractivity contribution in [3.05, 3.63) is 52.3 Å². The zero-order chi connectivity index (χ0) is 19.8. The molecule has 3 aromatic rings. The van der Waals surface area contributed by atoms with Gasteiger partial charge in [-0.1, -0.05) is 17.7 Å². The van der Waals surface area contributed by atoms with Crippen molar-refractivity contribution in [2.45, 2.75) is 39.5 Å². The number of H-pyrrole nitrogens is 1. The number of aryl methyl sites for hydroxylation is 5. The predicted octanol–water partition coefficient (Wildman–Crippen LogP) is 3.29. The van der Waals surface area contributed by atoms with Crippen LogP contribution in [0.4, 0.5) is 17.3 Å². The van der Waals surface area contributed by atoms with Crippen molar-refractivity contribution in [2.24, 2.45) is 0 Å². The van der Waals surface area contributed by atoms with Gasteiger partial charge in [0.2, 0.25) is 0 Å². The minimum Gasteiger partial charge on any atom is -0.338 e. The van der Waals surface area contributed by atoms with E-state index in [-0.39, 0.29) is 10.7 Å². The fraction of sp³-hybridized carbons (Fsp3) is 0.278. The summed E-state index contributed by atoms with van der Waals surface area (Å²) in [6.45, 7) is 9.37. The Balaban J connectivity index is 1.80. The van der Waals surface area contributed by atoms with Crippen LogP contribution in [-0.2, 0) is 10.0 Å². The van der Waals surface area contributed by atoms with E-state index in [0.29, 0.717) is 17.2 Å². The smallest absolute Gasteiger partial charge is 0.266 e. The largest absolute Gasteiger partial charge is 0.338 e. The van der Waals surface area contributed by atoms with Gasteiger partial charge in [0.15, 0.2) is 11.6 Å². The van der Waals surface area contributed by atoms with E-state index in [1.807, 2.05) is 20.8 Å². The highest BCUT2D eigenvalue weighted by Crippen LogP contribution is 2.25. The lowest BCUT2D eigenvalue weighted by atomic mass is 10.1. The standard InChI is InChI=1S/C18H22N6O2S/c1-10-8-11(2)17(12(3)9-10)19-15-6-7-16(23-22-15)24-27(25,26)18-13(4)20-21-14(18)5/h6-9H,1-5H3,(H,19,22)(H,20,21)(H,23,24). The molecule has 0 radical (unpaired) electrons. The molecule has 0 aliphatic heterocycles. The third-order valence-electron chi connectivity index (χ3n) is 4.16. The SMILES string of the molecule is Cc1cc(C)c(Nc2ccc(NS(=O)(=O)c3c(C)n[nH]c3C)nn2)c(C)c1. The molecule has 0 bridgehead atoms. The van der Waals surface area contributed by atoms with Gasteiger partial charge >= 0.3 is 0 Å². The first-order valence-electron chi connectivity index (χ1n) is 8.40. The third-order valence-corrected chi connectivity index (χ3v) is 5.78. The number of benzene rings is 1. The van der Waals surface area contributed by atoms with Gasteiger partial charge in [0.05, 0.1) is 11.4 Å². The minimum atomic E-state index is -3.79. The lowest BCUT2D eigenvalue weighted by Crippen LogP contribution is -2.16. The molecule has 0 saturated heterocycles. The molecule has 0 aliphatic rings. The highest BCUT2D eigenvalue weighted by molar-refractivity contribution is 7.92. The Morgan fingerprint density at radius 1 is 0.926 bits per heavy atom. The van der Waals surface area contributed by atoms with Crippen LogP contribution < -0.4 is 10.0 Å². The average Bonchev–Trinajstić information content (AvgIpc) is 2.91. The van der Waals surface area contributed by atoms with E-state index in [1.54, 1.807) is 26.0 Å². The zero-order valence-electron chi connectivity index (χ0n) is 15.9. The Bertz CT molecular complexity index is 1050. The lowest BCUT2D eigenvalue weighted by molar-refractivity contribution is 0.600. The molecule has 8 nitrogen and oxygen atoms in total. The predicted molar refractivity (Wildman–Crippen MR) is 105 cm³/mol. The van der Waals surface area contributed by atoms with Crippen LogP contribution in [0, 0.1) is 34.6 Å². The molecule has 9 heteroatoms. The Labute approximate surface area is 158 Å². The van der Waals surface area contributed by atoms with Crippen LogP contribution in [0.5, 0.6) is 0 Å². The molecule has 0 aliphatic carbocycles. The van der Waals surface area contributed by atoms with Gasteiger partial charge in [0, 0.05) is 5.69 Å². The van der Waals surface area contributed by atoms with Gasteiger partial charge in [0.25, 0.3) is 10.0 Å². The molecule has 3 N–H and O–H groups in total. The maximum atomic E-state index is 12.5. The monoisotopic (exact) mass is 386 g/mol. The number of nitrogens with one attached hydrogen (secondary N) is 3. The fourth-order valence-electron chi connectivity index (χ4n) is 3.08. The third kappa shape index (κ3) is 3.92. The molecular formula is C18H22N6O2S. The summed E-state index contributed by atoms with van der Waals surface area (Å²) in [5, 5.41) is 17.9. The van der Waals surface area contributed by atoms with Gasteiger partial charge in [-0.05, 0) is 57.9 Å². The molecule has 1 aromatic carbocycles. The molecule has 3 rings (SSSR count). The van der Waals surface area contributed by atoms with Crippen molar-refractivity contribution in [3.63, 3.8) is 0 Å². The van der Waals surface area contributed by atoms with Gasteiger partial charge in [-0.25, -0.2) is 8.42 Å². The van der Waals surface area contributed by atoms with E-state index in [4.69, 9.17) is 0 Å². The molecule has 0 atom stereocenters. The maximum Gasteiger partial charge on any atom is 0.266 e. The van der Waals surface area contributed by atoms with Crippen LogP contribution in [0.3, 0.4) is 0 Å². The van der Waals surface area contributed by atoms with Gasteiger partial charge in [0.1, 0.15) is 4.90 Å². The molecule has 0 saturated carbocycles. The highest BCUT2D eigenvalue weighted by Gasteiger charge is 2.22.